The highest BCUT2D eigenvalue weighted by molar-refractivity contribution is 7.99. The van der Waals surface area contributed by atoms with Crippen molar-refractivity contribution in [1.29, 1.82) is 0 Å². The van der Waals surface area contributed by atoms with Crippen LogP contribution in [0.5, 0.6) is 0 Å². The molecule has 4 rings (SSSR count). The fourth-order valence-corrected chi connectivity index (χ4v) is 4.88. The van der Waals surface area contributed by atoms with Crippen LogP contribution < -0.4 is 10.2 Å². The van der Waals surface area contributed by atoms with Crippen molar-refractivity contribution in [3.05, 3.63) is 34.9 Å². The molecule has 1 aromatic heterocycles. The first-order chi connectivity index (χ1) is 14.7. The van der Waals surface area contributed by atoms with Gasteiger partial charge in [0.05, 0.1) is 18.4 Å². The molecule has 30 heavy (non-hydrogen) atoms. The molecular formula is C21H28ClN5O2S. The van der Waals surface area contributed by atoms with Crippen LogP contribution in [0.1, 0.15) is 37.7 Å². The van der Waals surface area contributed by atoms with Gasteiger partial charge in [-0.25, -0.2) is 0 Å². The van der Waals surface area contributed by atoms with E-state index in [1.54, 1.807) is 0 Å². The SMILES string of the molecule is O=C(CSc1nnc(N2CCCCC2)n1CC1CCCO1)NCc1cccc(Cl)c1. The van der Waals surface area contributed by atoms with Crippen LogP contribution >= 0.6 is 23.4 Å². The summed E-state index contributed by atoms with van der Waals surface area (Å²) in [6, 6.07) is 7.51. The molecule has 162 valence electrons. The van der Waals surface area contributed by atoms with Crippen molar-refractivity contribution < 1.29 is 9.53 Å². The second kappa shape index (κ2) is 10.5. The number of amides is 1. The highest BCUT2D eigenvalue weighted by atomic mass is 35.5. The smallest absolute Gasteiger partial charge is 0.230 e. The number of carbonyl (C=O) groups is 1. The first kappa shape index (κ1) is 21.5. The number of hydrogen-bond donors (Lipinski definition) is 1. The van der Waals surface area contributed by atoms with E-state index in [0.29, 0.717) is 17.3 Å². The van der Waals surface area contributed by atoms with Crippen LogP contribution in [-0.2, 0) is 22.6 Å². The molecule has 0 saturated carbocycles. The summed E-state index contributed by atoms with van der Waals surface area (Å²) in [5.74, 6) is 1.17. The van der Waals surface area contributed by atoms with E-state index < -0.39 is 0 Å². The van der Waals surface area contributed by atoms with E-state index in [1.165, 1.54) is 31.0 Å². The molecule has 0 radical (unpaired) electrons. The molecule has 2 aromatic rings. The van der Waals surface area contributed by atoms with E-state index in [4.69, 9.17) is 16.3 Å². The molecule has 0 bridgehead atoms. The molecule has 1 amide bonds. The lowest BCUT2D eigenvalue weighted by molar-refractivity contribution is -0.118. The summed E-state index contributed by atoms with van der Waals surface area (Å²) in [5, 5.41) is 13.3. The molecule has 1 unspecified atom stereocenters. The number of carbonyl (C=O) groups excluding carboxylic acids is 1. The van der Waals surface area contributed by atoms with E-state index in [9.17, 15) is 4.79 Å². The molecule has 0 spiro atoms. The Morgan fingerprint density at radius 2 is 2.10 bits per heavy atom. The third kappa shape index (κ3) is 5.68. The maximum Gasteiger partial charge on any atom is 0.230 e. The van der Waals surface area contributed by atoms with Gasteiger partial charge in [-0.2, -0.15) is 0 Å². The van der Waals surface area contributed by atoms with Crippen LogP contribution in [0.25, 0.3) is 0 Å². The summed E-state index contributed by atoms with van der Waals surface area (Å²) in [4.78, 5) is 14.7. The van der Waals surface area contributed by atoms with Crippen molar-refractivity contribution in [3.63, 3.8) is 0 Å². The van der Waals surface area contributed by atoms with Crippen LogP contribution in [0.2, 0.25) is 5.02 Å². The second-order valence-electron chi connectivity index (χ2n) is 7.77. The van der Waals surface area contributed by atoms with Gasteiger partial charge in [0, 0.05) is 31.3 Å². The molecule has 1 atom stereocenters. The minimum atomic E-state index is -0.0360. The Kier molecular flexibility index (Phi) is 7.52. The summed E-state index contributed by atoms with van der Waals surface area (Å²) in [6.07, 6.45) is 5.98. The van der Waals surface area contributed by atoms with Gasteiger partial charge in [-0.3, -0.25) is 9.36 Å². The Morgan fingerprint density at radius 1 is 1.23 bits per heavy atom. The third-order valence-corrected chi connectivity index (χ3v) is 6.66. The molecule has 1 N–H and O–H groups in total. The van der Waals surface area contributed by atoms with E-state index in [0.717, 1.165) is 55.8 Å². The standard InChI is InChI=1S/C21H28ClN5O2S/c22-17-7-4-6-16(12-17)13-23-19(28)15-30-21-25-24-20(26-9-2-1-3-10-26)27(21)14-18-8-5-11-29-18/h4,6-7,12,18H,1-3,5,8-11,13-15H2,(H,23,28). The van der Waals surface area contributed by atoms with Crippen LogP contribution in [0.15, 0.2) is 29.4 Å². The van der Waals surface area contributed by atoms with E-state index in [1.807, 2.05) is 24.3 Å². The topological polar surface area (TPSA) is 72.3 Å². The maximum absolute atomic E-state index is 12.4. The first-order valence-electron chi connectivity index (χ1n) is 10.6. The Hall–Kier alpha value is -1.77. The zero-order valence-electron chi connectivity index (χ0n) is 17.1. The number of thioether (sulfide) groups is 1. The molecule has 3 heterocycles. The predicted octanol–water partition coefficient (Wildman–Crippen LogP) is 3.51. The average molecular weight is 450 g/mol. The molecule has 2 aliphatic rings. The maximum atomic E-state index is 12.4. The Balaban J connectivity index is 1.38. The molecule has 7 nitrogen and oxygen atoms in total. The number of piperidine rings is 1. The lowest BCUT2D eigenvalue weighted by Gasteiger charge is -2.28. The molecule has 2 fully saturated rings. The number of benzene rings is 1. The van der Waals surface area contributed by atoms with E-state index in [2.05, 4.69) is 25.0 Å². The number of ether oxygens (including phenoxy) is 1. The van der Waals surface area contributed by atoms with Crippen molar-refractivity contribution >= 4 is 35.2 Å². The van der Waals surface area contributed by atoms with E-state index in [-0.39, 0.29) is 12.0 Å². The normalized spacial score (nSPS) is 19.2. The van der Waals surface area contributed by atoms with Crippen molar-refractivity contribution in [2.75, 3.05) is 30.3 Å². The number of rotatable bonds is 8. The molecule has 9 heteroatoms. The van der Waals surface area contributed by atoms with Crippen molar-refractivity contribution in [2.24, 2.45) is 0 Å². The summed E-state index contributed by atoms with van der Waals surface area (Å²) in [5.41, 5.74) is 0.981. The number of nitrogens with one attached hydrogen (secondary N) is 1. The van der Waals surface area contributed by atoms with Gasteiger partial charge in [0.2, 0.25) is 11.9 Å². The highest BCUT2D eigenvalue weighted by Gasteiger charge is 2.25. The van der Waals surface area contributed by atoms with Gasteiger partial charge in [-0.15, -0.1) is 10.2 Å². The van der Waals surface area contributed by atoms with Gasteiger partial charge in [0.1, 0.15) is 0 Å². The second-order valence-corrected chi connectivity index (χ2v) is 9.15. The van der Waals surface area contributed by atoms with Gasteiger partial charge >= 0.3 is 0 Å². The molecule has 2 saturated heterocycles. The summed E-state index contributed by atoms with van der Waals surface area (Å²) < 4.78 is 8.00. The largest absolute Gasteiger partial charge is 0.376 e. The van der Waals surface area contributed by atoms with Crippen molar-refractivity contribution in [3.8, 4) is 0 Å². The number of anilines is 1. The summed E-state index contributed by atoms with van der Waals surface area (Å²) in [6.45, 7) is 4.04. The lowest BCUT2D eigenvalue weighted by Crippen LogP contribution is -2.33. The number of hydrogen-bond acceptors (Lipinski definition) is 6. The minimum Gasteiger partial charge on any atom is -0.376 e. The fraction of sp³-hybridized carbons (Fsp3) is 0.571. The van der Waals surface area contributed by atoms with Crippen LogP contribution in [0.3, 0.4) is 0 Å². The third-order valence-electron chi connectivity index (χ3n) is 5.46. The molecule has 0 aliphatic carbocycles. The molecular weight excluding hydrogens is 422 g/mol. The monoisotopic (exact) mass is 449 g/mol. The Morgan fingerprint density at radius 3 is 2.87 bits per heavy atom. The zero-order valence-corrected chi connectivity index (χ0v) is 18.6. The summed E-state index contributed by atoms with van der Waals surface area (Å²) >= 11 is 7.44. The van der Waals surface area contributed by atoms with Gasteiger partial charge in [-0.05, 0) is 49.8 Å². The van der Waals surface area contributed by atoms with Gasteiger partial charge < -0.3 is 15.0 Å². The van der Waals surface area contributed by atoms with E-state index >= 15 is 0 Å². The van der Waals surface area contributed by atoms with Crippen LogP contribution in [0, 0.1) is 0 Å². The van der Waals surface area contributed by atoms with Gasteiger partial charge in [0.15, 0.2) is 5.16 Å². The Labute approximate surface area is 186 Å². The molecule has 2 aliphatic heterocycles. The number of halogens is 1. The van der Waals surface area contributed by atoms with Crippen molar-refractivity contribution in [2.45, 2.75) is 56.5 Å². The van der Waals surface area contributed by atoms with Crippen LogP contribution in [0.4, 0.5) is 5.95 Å². The fourth-order valence-electron chi connectivity index (χ4n) is 3.90. The predicted molar refractivity (Wildman–Crippen MR) is 119 cm³/mol. The van der Waals surface area contributed by atoms with Gasteiger partial charge in [-0.1, -0.05) is 35.5 Å². The summed E-state index contributed by atoms with van der Waals surface area (Å²) in [7, 11) is 0. The highest BCUT2D eigenvalue weighted by Crippen LogP contribution is 2.27. The average Bonchev–Trinajstić information content (AvgIpc) is 3.42. The van der Waals surface area contributed by atoms with Crippen molar-refractivity contribution in [1.82, 2.24) is 20.1 Å². The number of aromatic nitrogens is 3. The quantitative estimate of drug-likeness (QED) is 0.622. The van der Waals surface area contributed by atoms with Crippen LogP contribution in [-0.4, -0.2) is 52.2 Å². The number of nitrogens with zero attached hydrogens (tertiary/aromatic N) is 4. The Bertz CT molecular complexity index is 850. The molecule has 1 aromatic carbocycles. The zero-order chi connectivity index (χ0) is 20.8. The minimum absolute atomic E-state index is 0.0360. The lowest BCUT2D eigenvalue weighted by atomic mass is 10.1. The first-order valence-corrected chi connectivity index (χ1v) is 12.0. The van der Waals surface area contributed by atoms with Gasteiger partial charge in [0.25, 0.3) is 0 Å².